The smallest absolute Gasteiger partial charge is 0.324 e. The fraction of sp³-hybridized carbons (Fsp3) is 0.833. The predicted octanol–water partition coefficient (Wildman–Crippen LogP) is -0.968. The molecule has 5 nitrogen and oxygen atoms in total. The third-order valence-corrected chi connectivity index (χ3v) is 1.67. The molecule has 0 amide bonds. The van der Waals surface area contributed by atoms with Crippen molar-refractivity contribution < 1.29 is 9.90 Å². The van der Waals surface area contributed by atoms with E-state index in [2.05, 4.69) is 5.43 Å². The van der Waals surface area contributed by atoms with Crippen LogP contribution in [0.2, 0.25) is 0 Å². The fourth-order valence-corrected chi connectivity index (χ4v) is 0.696. The summed E-state index contributed by atoms with van der Waals surface area (Å²) in [7, 11) is 0. The first-order valence-electron chi connectivity index (χ1n) is 3.48. The minimum Gasteiger partial charge on any atom is -0.480 e. The third-order valence-electron chi connectivity index (χ3n) is 1.67. The van der Waals surface area contributed by atoms with Gasteiger partial charge in [-0.2, -0.15) is 0 Å². The zero-order valence-electron chi connectivity index (χ0n) is 6.63. The lowest BCUT2D eigenvalue weighted by Crippen LogP contribution is -2.53. The number of hydrogen-bond donors (Lipinski definition) is 4. The van der Waals surface area contributed by atoms with Crippen LogP contribution < -0.4 is 17.0 Å². The van der Waals surface area contributed by atoms with Crippen molar-refractivity contribution in [3.05, 3.63) is 0 Å². The van der Waals surface area contributed by atoms with Crippen LogP contribution in [-0.2, 0) is 4.79 Å². The molecule has 0 heterocycles. The largest absolute Gasteiger partial charge is 0.480 e. The Labute approximate surface area is 65.7 Å². The quantitative estimate of drug-likeness (QED) is 0.307. The summed E-state index contributed by atoms with van der Waals surface area (Å²) in [5.41, 5.74) is 6.44. The topological polar surface area (TPSA) is 101 Å². The number of carboxylic acids is 1. The van der Waals surface area contributed by atoms with E-state index in [-0.39, 0.29) is 0 Å². The van der Waals surface area contributed by atoms with E-state index >= 15 is 0 Å². The first-order valence-corrected chi connectivity index (χ1v) is 3.48. The Bertz CT molecular complexity index is 140. The molecule has 0 aliphatic carbocycles. The molecule has 11 heavy (non-hydrogen) atoms. The monoisotopic (exact) mass is 161 g/mol. The van der Waals surface area contributed by atoms with Crippen LogP contribution in [0.4, 0.5) is 0 Å². The lowest BCUT2D eigenvalue weighted by Gasteiger charge is -2.22. The van der Waals surface area contributed by atoms with Crippen molar-refractivity contribution in [1.29, 1.82) is 0 Å². The van der Waals surface area contributed by atoms with Crippen molar-refractivity contribution in [2.45, 2.75) is 25.3 Å². The zero-order chi connectivity index (χ0) is 8.91. The average Bonchev–Trinajstić information content (AvgIpc) is 2.00. The van der Waals surface area contributed by atoms with Crippen molar-refractivity contribution in [3.8, 4) is 0 Å². The number of nitrogens with two attached hydrogens (primary N) is 2. The Morgan fingerprint density at radius 1 is 1.73 bits per heavy atom. The van der Waals surface area contributed by atoms with Gasteiger partial charge in [0.1, 0.15) is 5.54 Å². The van der Waals surface area contributed by atoms with Gasteiger partial charge in [0.15, 0.2) is 0 Å². The van der Waals surface area contributed by atoms with Crippen molar-refractivity contribution >= 4 is 5.97 Å². The van der Waals surface area contributed by atoms with E-state index in [1.165, 1.54) is 6.92 Å². The molecule has 66 valence electrons. The predicted molar refractivity (Wildman–Crippen MR) is 41.7 cm³/mol. The third kappa shape index (κ3) is 2.83. The normalized spacial score (nSPS) is 15.9. The molecular formula is C6H15N3O2. The highest BCUT2D eigenvalue weighted by molar-refractivity contribution is 5.78. The van der Waals surface area contributed by atoms with Gasteiger partial charge in [0.05, 0.1) is 0 Å². The molecule has 0 aromatic rings. The summed E-state index contributed by atoms with van der Waals surface area (Å²) in [6.07, 6.45) is 1.09. The van der Waals surface area contributed by atoms with Crippen LogP contribution in [0.5, 0.6) is 0 Å². The van der Waals surface area contributed by atoms with Crippen LogP contribution in [0, 0.1) is 0 Å². The number of hydrazine groups is 1. The van der Waals surface area contributed by atoms with E-state index in [0.717, 1.165) is 0 Å². The molecule has 0 fully saturated rings. The van der Waals surface area contributed by atoms with Crippen molar-refractivity contribution in [2.75, 3.05) is 6.54 Å². The van der Waals surface area contributed by atoms with Gasteiger partial charge in [0, 0.05) is 0 Å². The molecule has 5 heteroatoms. The van der Waals surface area contributed by atoms with Crippen LogP contribution in [0.3, 0.4) is 0 Å². The number of rotatable bonds is 5. The minimum atomic E-state index is -1.04. The molecule has 0 bridgehead atoms. The number of carboxylic acid groups (broad SMARTS) is 1. The summed E-state index contributed by atoms with van der Waals surface area (Å²) < 4.78 is 0. The number of nitrogens with one attached hydrogen (secondary N) is 1. The van der Waals surface area contributed by atoms with Crippen LogP contribution in [0.15, 0.2) is 0 Å². The molecule has 0 aliphatic rings. The Morgan fingerprint density at radius 3 is 2.55 bits per heavy atom. The molecule has 0 aromatic heterocycles. The summed E-state index contributed by atoms with van der Waals surface area (Å²) in [5, 5.41) is 8.68. The molecule has 1 atom stereocenters. The van der Waals surface area contributed by atoms with Crippen molar-refractivity contribution in [2.24, 2.45) is 11.6 Å². The molecule has 0 spiro atoms. The Kier molecular flexibility index (Phi) is 4.02. The van der Waals surface area contributed by atoms with Gasteiger partial charge >= 0.3 is 5.97 Å². The molecule has 6 N–H and O–H groups in total. The summed E-state index contributed by atoms with van der Waals surface area (Å²) in [4.78, 5) is 10.6. The van der Waals surface area contributed by atoms with Crippen LogP contribution >= 0.6 is 0 Å². The molecule has 0 aliphatic heterocycles. The van der Waals surface area contributed by atoms with E-state index in [1.54, 1.807) is 0 Å². The van der Waals surface area contributed by atoms with Crippen LogP contribution in [-0.4, -0.2) is 23.2 Å². The van der Waals surface area contributed by atoms with Gasteiger partial charge in [-0.3, -0.25) is 10.6 Å². The Balaban J connectivity index is 3.99. The summed E-state index contributed by atoms with van der Waals surface area (Å²) >= 11 is 0. The fourth-order valence-electron chi connectivity index (χ4n) is 0.696. The highest BCUT2D eigenvalue weighted by Crippen LogP contribution is 2.10. The Morgan fingerprint density at radius 2 is 2.27 bits per heavy atom. The second kappa shape index (κ2) is 4.27. The van der Waals surface area contributed by atoms with E-state index in [0.29, 0.717) is 19.4 Å². The highest BCUT2D eigenvalue weighted by Gasteiger charge is 2.30. The SMILES string of the molecule is CC(CCCN)(NN)C(=O)O. The van der Waals surface area contributed by atoms with Gasteiger partial charge in [0.2, 0.25) is 0 Å². The second-order valence-electron chi connectivity index (χ2n) is 2.67. The number of carbonyl (C=O) groups is 1. The summed E-state index contributed by atoms with van der Waals surface area (Å²) in [5.74, 6) is 4.13. The van der Waals surface area contributed by atoms with Crippen molar-refractivity contribution in [1.82, 2.24) is 5.43 Å². The lowest BCUT2D eigenvalue weighted by atomic mass is 9.97. The van der Waals surface area contributed by atoms with Gasteiger partial charge in [-0.15, -0.1) is 0 Å². The van der Waals surface area contributed by atoms with E-state index in [1.807, 2.05) is 0 Å². The second-order valence-corrected chi connectivity index (χ2v) is 2.67. The maximum atomic E-state index is 10.6. The molecule has 0 aromatic carbocycles. The van der Waals surface area contributed by atoms with Crippen LogP contribution in [0.25, 0.3) is 0 Å². The van der Waals surface area contributed by atoms with Gasteiger partial charge in [0.25, 0.3) is 0 Å². The first kappa shape index (κ1) is 10.3. The highest BCUT2D eigenvalue weighted by atomic mass is 16.4. The molecule has 0 saturated heterocycles. The lowest BCUT2D eigenvalue weighted by molar-refractivity contribution is -0.144. The first-order chi connectivity index (χ1) is 5.06. The number of aliphatic carboxylic acids is 1. The summed E-state index contributed by atoms with van der Waals surface area (Å²) in [6, 6.07) is 0. The molecular weight excluding hydrogens is 146 g/mol. The molecule has 0 saturated carbocycles. The van der Waals surface area contributed by atoms with Gasteiger partial charge in [-0.25, -0.2) is 5.43 Å². The van der Waals surface area contributed by atoms with Gasteiger partial charge in [-0.05, 0) is 26.3 Å². The molecule has 0 radical (unpaired) electrons. The molecule has 0 rings (SSSR count). The van der Waals surface area contributed by atoms with Crippen molar-refractivity contribution in [3.63, 3.8) is 0 Å². The standard InChI is InChI=1S/C6H15N3O2/c1-6(9-8,5(10)11)3-2-4-7/h9H,2-4,7-8H2,1H3,(H,10,11). The Hall–Kier alpha value is -0.650. The van der Waals surface area contributed by atoms with E-state index in [9.17, 15) is 4.79 Å². The van der Waals surface area contributed by atoms with E-state index in [4.69, 9.17) is 16.7 Å². The number of hydrogen-bond acceptors (Lipinski definition) is 4. The van der Waals surface area contributed by atoms with Crippen LogP contribution in [0.1, 0.15) is 19.8 Å². The maximum Gasteiger partial charge on any atom is 0.324 e. The summed E-state index contributed by atoms with van der Waals surface area (Å²) in [6.45, 7) is 2.01. The molecule has 1 unspecified atom stereocenters. The maximum absolute atomic E-state index is 10.6. The minimum absolute atomic E-state index is 0.440. The van der Waals surface area contributed by atoms with E-state index < -0.39 is 11.5 Å². The van der Waals surface area contributed by atoms with Gasteiger partial charge in [-0.1, -0.05) is 0 Å². The van der Waals surface area contributed by atoms with Gasteiger partial charge < -0.3 is 10.8 Å². The average molecular weight is 161 g/mol. The zero-order valence-corrected chi connectivity index (χ0v) is 6.63.